The Morgan fingerprint density at radius 1 is 1.14 bits per heavy atom. The van der Waals surface area contributed by atoms with Gasteiger partial charge < -0.3 is 10.2 Å². The molecule has 5 nitrogen and oxygen atoms in total. The number of amides is 2. The SMILES string of the molecule is CC(C)NC(=O)CC1CC2(CCN(C(=O)c3ccccn3)CC2)c2ccccc21. The highest BCUT2D eigenvalue weighted by atomic mass is 16.2. The molecule has 1 saturated heterocycles. The molecule has 0 radical (unpaired) electrons. The number of hydrogen-bond donors (Lipinski definition) is 1. The van der Waals surface area contributed by atoms with Gasteiger partial charge in [-0.2, -0.15) is 0 Å². The van der Waals surface area contributed by atoms with Crippen LogP contribution >= 0.6 is 0 Å². The van der Waals surface area contributed by atoms with Crippen LogP contribution in [0.15, 0.2) is 48.7 Å². The number of benzene rings is 1. The summed E-state index contributed by atoms with van der Waals surface area (Å²) in [6, 6.07) is 14.2. The minimum absolute atomic E-state index is 0.0135. The molecule has 152 valence electrons. The Hall–Kier alpha value is -2.69. The van der Waals surface area contributed by atoms with Gasteiger partial charge in [0.1, 0.15) is 5.69 Å². The molecule has 2 heterocycles. The number of carbonyl (C=O) groups excluding carboxylic acids is 2. The molecule has 2 aliphatic rings. The first-order valence-corrected chi connectivity index (χ1v) is 10.6. The molecule has 1 N–H and O–H groups in total. The molecule has 1 aliphatic carbocycles. The largest absolute Gasteiger partial charge is 0.354 e. The van der Waals surface area contributed by atoms with Crippen LogP contribution in [-0.4, -0.2) is 40.8 Å². The van der Waals surface area contributed by atoms with Gasteiger partial charge in [-0.25, -0.2) is 0 Å². The molecule has 5 heteroatoms. The lowest BCUT2D eigenvalue weighted by Crippen LogP contribution is -2.44. The van der Waals surface area contributed by atoms with Gasteiger partial charge in [0.15, 0.2) is 0 Å². The lowest BCUT2D eigenvalue weighted by atomic mass is 9.73. The molecular formula is C24H29N3O2. The molecule has 1 aromatic heterocycles. The molecule has 29 heavy (non-hydrogen) atoms. The molecule has 2 aromatic rings. The summed E-state index contributed by atoms with van der Waals surface area (Å²) in [6.07, 6.45) is 5.06. The lowest BCUT2D eigenvalue weighted by Gasteiger charge is -2.40. The first-order chi connectivity index (χ1) is 14.0. The van der Waals surface area contributed by atoms with E-state index < -0.39 is 0 Å². The van der Waals surface area contributed by atoms with E-state index in [2.05, 4.69) is 34.6 Å². The van der Waals surface area contributed by atoms with Crippen LogP contribution < -0.4 is 5.32 Å². The van der Waals surface area contributed by atoms with Crippen molar-refractivity contribution in [2.75, 3.05) is 13.1 Å². The number of hydrogen-bond acceptors (Lipinski definition) is 3. The maximum Gasteiger partial charge on any atom is 0.272 e. The number of rotatable bonds is 4. The van der Waals surface area contributed by atoms with Crippen molar-refractivity contribution in [3.8, 4) is 0 Å². The number of nitrogens with one attached hydrogen (secondary N) is 1. The average molecular weight is 392 g/mol. The average Bonchev–Trinajstić information content (AvgIpc) is 3.01. The van der Waals surface area contributed by atoms with E-state index in [0.717, 1.165) is 32.4 Å². The van der Waals surface area contributed by atoms with Gasteiger partial charge in [0.25, 0.3) is 5.91 Å². The maximum absolute atomic E-state index is 12.8. The molecule has 0 saturated carbocycles. The minimum atomic E-state index is 0.0135. The van der Waals surface area contributed by atoms with E-state index in [4.69, 9.17) is 0 Å². The molecule has 1 fully saturated rings. The summed E-state index contributed by atoms with van der Waals surface area (Å²) in [5, 5.41) is 3.03. The number of likely N-dealkylation sites (tertiary alicyclic amines) is 1. The van der Waals surface area contributed by atoms with Crippen LogP contribution in [-0.2, 0) is 10.2 Å². The van der Waals surface area contributed by atoms with Gasteiger partial charge in [-0.3, -0.25) is 14.6 Å². The predicted molar refractivity (Wildman–Crippen MR) is 113 cm³/mol. The number of piperidine rings is 1. The van der Waals surface area contributed by atoms with Crippen molar-refractivity contribution in [2.45, 2.75) is 56.9 Å². The second kappa shape index (κ2) is 7.97. The van der Waals surface area contributed by atoms with Crippen LogP contribution in [0.5, 0.6) is 0 Å². The fourth-order valence-electron chi connectivity index (χ4n) is 5.08. The lowest BCUT2D eigenvalue weighted by molar-refractivity contribution is -0.122. The van der Waals surface area contributed by atoms with Gasteiger partial charge in [-0.15, -0.1) is 0 Å². The summed E-state index contributed by atoms with van der Waals surface area (Å²) >= 11 is 0. The summed E-state index contributed by atoms with van der Waals surface area (Å²) in [4.78, 5) is 31.3. The van der Waals surface area contributed by atoms with Gasteiger partial charge in [0.2, 0.25) is 5.91 Å². The smallest absolute Gasteiger partial charge is 0.272 e. The summed E-state index contributed by atoms with van der Waals surface area (Å²) < 4.78 is 0. The van der Waals surface area contributed by atoms with E-state index in [9.17, 15) is 9.59 Å². The third-order valence-corrected chi connectivity index (χ3v) is 6.38. The zero-order valence-corrected chi connectivity index (χ0v) is 17.2. The van der Waals surface area contributed by atoms with Crippen molar-refractivity contribution in [2.24, 2.45) is 0 Å². The second-order valence-electron chi connectivity index (χ2n) is 8.70. The third-order valence-electron chi connectivity index (χ3n) is 6.38. The maximum atomic E-state index is 12.8. The van der Waals surface area contributed by atoms with Gasteiger partial charge in [0.05, 0.1) is 0 Å². The van der Waals surface area contributed by atoms with Crippen molar-refractivity contribution in [3.63, 3.8) is 0 Å². The molecule has 0 bridgehead atoms. The molecule has 1 unspecified atom stereocenters. The Kier molecular flexibility index (Phi) is 5.39. The summed E-state index contributed by atoms with van der Waals surface area (Å²) in [7, 11) is 0. The molecule has 1 spiro atoms. The Labute approximate surface area is 172 Å². The van der Waals surface area contributed by atoms with Crippen LogP contribution in [0.3, 0.4) is 0 Å². The number of carbonyl (C=O) groups is 2. The Morgan fingerprint density at radius 2 is 1.86 bits per heavy atom. The van der Waals surface area contributed by atoms with Crippen LogP contribution in [0.2, 0.25) is 0 Å². The fourth-order valence-corrected chi connectivity index (χ4v) is 5.08. The molecule has 1 aromatic carbocycles. The van der Waals surface area contributed by atoms with Gasteiger partial charge in [-0.05, 0) is 67.7 Å². The zero-order valence-electron chi connectivity index (χ0n) is 17.2. The Bertz CT molecular complexity index is 886. The normalized spacial score (nSPS) is 20.0. The Balaban J connectivity index is 1.49. The van der Waals surface area contributed by atoms with Crippen molar-refractivity contribution < 1.29 is 9.59 Å². The van der Waals surface area contributed by atoms with Gasteiger partial charge >= 0.3 is 0 Å². The molecule has 4 rings (SSSR count). The zero-order chi connectivity index (χ0) is 20.4. The molecule has 1 aliphatic heterocycles. The fraction of sp³-hybridized carbons (Fsp3) is 0.458. The van der Waals surface area contributed by atoms with Crippen LogP contribution in [0.4, 0.5) is 0 Å². The highest BCUT2D eigenvalue weighted by Crippen LogP contribution is 2.52. The Morgan fingerprint density at radius 3 is 2.55 bits per heavy atom. The summed E-state index contributed by atoms with van der Waals surface area (Å²) in [5.41, 5.74) is 3.28. The van der Waals surface area contributed by atoms with E-state index in [-0.39, 0.29) is 29.2 Å². The summed E-state index contributed by atoms with van der Waals surface area (Å²) in [5.74, 6) is 0.391. The van der Waals surface area contributed by atoms with E-state index in [0.29, 0.717) is 12.1 Å². The quantitative estimate of drug-likeness (QED) is 0.865. The second-order valence-corrected chi connectivity index (χ2v) is 8.70. The van der Waals surface area contributed by atoms with Crippen molar-refractivity contribution in [3.05, 3.63) is 65.5 Å². The highest BCUT2D eigenvalue weighted by Gasteiger charge is 2.46. The summed E-state index contributed by atoms with van der Waals surface area (Å²) in [6.45, 7) is 5.45. The number of pyridine rings is 1. The van der Waals surface area contributed by atoms with Crippen molar-refractivity contribution in [1.29, 1.82) is 0 Å². The predicted octanol–water partition coefficient (Wildman–Crippen LogP) is 3.66. The molecule has 1 atom stereocenters. The molecular weight excluding hydrogens is 362 g/mol. The van der Waals surface area contributed by atoms with Crippen LogP contribution in [0.1, 0.15) is 67.1 Å². The first kappa shape index (κ1) is 19.6. The molecule has 2 amide bonds. The minimum Gasteiger partial charge on any atom is -0.354 e. The van der Waals surface area contributed by atoms with Crippen molar-refractivity contribution in [1.82, 2.24) is 15.2 Å². The van der Waals surface area contributed by atoms with E-state index in [1.54, 1.807) is 12.3 Å². The number of nitrogens with zero attached hydrogens (tertiary/aromatic N) is 2. The third kappa shape index (κ3) is 3.91. The van der Waals surface area contributed by atoms with E-state index in [1.165, 1.54) is 11.1 Å². The first-order valence-electron chi connectivity index (χ1n) is 10.6. The number of fused-ring (bicyclic) bond motifs is 2. The highest BCUT2D eigenvalue weighted by molar-refractivity contribution is 5.92. The van der Waals surface area contributed by atoms with Gasteiger partial charge in [-0.1, -0.05) is 30.3 Å². The van der Waals surface area contributed by atoms with Crippen LogP contribution in [0.25, 0.3) is 0 Å². The number of aromatic nitrogens is 1. The van der Waals surface area contributed by atoms with Gasteiger partial charge in [0, 0.05) is 31.7 Å². The topological polar surface area (TPSA) is 62.3 Å². The van der Waals surface area contributed by atoms with Crippen LogP contribution in [0, 0.1) is 0 Å². The van der Waals surface area contributed by atoms with E-state index >= 15 is 0 Å². The van der Waals surface area contributed by atoms with E-state index in [1.807, 2.05) is 30.9 Å². The standard InChI is InChI=1S/C24H29N3O2/c1-17(2)26-22(28)15-18-16-24(20-8-4-3-7-19(18)20)10-13-27(14-11-24)23(29)21-9-5-6-12-25-21/h3-9,12,17-18H,10-11,13-16H2,1-2H3,(H,26,28). The monoisotopic (exact) mass is 391 g/mol. The van der Waals surface area contributed by atoms with Crippen molar-refractivity contribution >= 4 is 11.8 Å².